The van der Waals surface area contributed by atoms with E-state index in [1.54, 1.807) is 27.7 Å². The molecular formula is C45H62N4O10S. The minimum Gasteiger partial charge on any atom is -0.480 e. The maximum atomic E-state index is 13.4. The van der Waals surface area contributed by atoms with Gasteiger partial charge in [0.05, 0.1) is 18.7 Å². The van der Waals surface area contributed by atoms with Crippen LogP contribution in [0.15, 0.2) is 54.6 Å². The third-order valence-corrected chi connectivity index (χ3v) is 12.7. The Morgan fingerprint density at radius 1 is 0.850 bits per heavy atom. The molecule has 60 heavy (non-hydrogen) atoms. The lowest BCUT2D eigenvalue weighted by atomic mass is 9.88. The smallest absolute Gasteiger partial charge is 0.326 e. The van der Waals surface area contributed by atoms with Crippen LogP contribution < -0.4 is 10.6 Å². The number of amides is 3. The molecule has 0 unspecified atom stereocenters. The standard InChI is InChI=1S/C26H32N2O5.C19H30N2O5S/c1-3-33-26(32)23(14-13-19-9-5-4-6-10-19)27-18(2)25(31)28(17-24(29)30)22-15-20-11-7-8-12-21(20)16-22;1-12(17(23)21-10-6-9-15(21)18(24)25)11-27-19(26)13(2)20-16(22)14-7-4-3-5-8-14/h4-12,18,22-23,27H,3,13-17H2,1-2H3,(H,29,30);12-15H,3-11H2,1-2H3,(H,20,22)(H,24,25)/t18-,23-;12-,13-,15+/m01/s1. The first-order chi connectivity index (χ1) is 28.7. The van der Waals surface area contributed by atoms with Crippen LogP contribution in [-0.4, -0.2) is 116 Å². The van der Waals surface area contributed by atoms with Crippen LogP contribution >= 0.6 is 11.8 Å². The Balaban J connectivity index is 0.000000270. The number of fused-ring (bicyclic) bond motifs is 1. The lowest BCUT2D eigenvalue weighted by molar-refractivity contribution is -0.149. The van der Waals surface area contributed by atoms with Gasteiger partial charge in [-0.05, 0) is 88.8 Å². The second-order valence-electron chi connectivity index (χ2n) is 16.0. The van der Waals surface area contributed by atoms with Crippen molar-refractivity contribution < 1.29 is 48.5 Å². The lowest BCUT2D eigenvalue weighted by Crippen LogP contribution is -2.54. The van der Waals surface area contributed by atoms with E-state index in [0.717, 1.165) is 54.1 Å². The summed E-state index contributed by atoms with van der Waals surface area (Å²) in [6.07, 6.45) is 8.57. The highest BCUT2D eigenvalue weighted by atomic mass is 32.2. The van der Waals surface area contributed by atoms with Crippen LogP contribution in [0.3, 0.4) is 0 Å². The molecule has 2 fully saturated rings. The Hall–Kier alpha value is -4.76. The molecule has 5 atom stereocenters. The van der Waals surface area contributed by atoms with E-state index >= 15 is 0 Å². The molecule has 0 bridgehead atoms. The molecule has 1 heterocycles. The molecule has 14 nitrogen and oxygen atoms in total. The van der Waals surface area contributed by atoms with Gasteiger partial charge in [0.2, 0.25) is 22.8 Å². The normalized spacial score (nSPS) is 18.5. The van der Waals surface area contributed by atoms with Crippen LogP contribution in [0, 0.1) is 11.8 Å². The van der Waals surface area contributed by atoms with Gasteiger partial charge >= 0.3 is 17.9 Å². The fourth-order valence-electron chi connectivity index (χ4n) is 8.11. The van der Waals surface area contributed by atoms with Crippen molar-refractivity contribution in [3.8, 4) is 0 Å². The minimum atomic E-state index is -1.06. The number of thioether (sulfide) groups is 1. The summed E-state index contributed by atoms with van der Waals surface area (Å²) in [6, 6.07) is 14.7. The Labute approximate surface area is 357 Å². The topological polar surface area (TPSA) is 200 Å². The summed E-state index contributed by atoms with van der Waals surface area (Å²) in [5, 5.41) is 24.4. The third kappa shape index (κ3) is 14.2. The summed E-state index contributed by atoms with van der Waals surface area (Å²) in [5.41, 5.74) is 3.36. The zero-order valence-corrected chi connectivity index (χ0v) is 36.1. The molecule has 1 saturated heterocycles. The first-order valence-corrected chi connectivity index (χ1v) is 22.2. The molecule has 2 aliphatic carbocycles. The minimum absolute atomic E-state index is 0.00243. The number of nitrogens with zero attached hydrogens (tertiary/aromatic N) is 2. The number of ether oxygens (including phenoxy) is 1. The number of nitrogens with one attached hydrogen (secondary N) is 2. The summed E-state index contributed by atoms with van der Waals surface area (Å²) < 4.78 is 5.22. The van der Waals surface area contributed by atoms with Gasteiger partial charge in [0.25, 0.3) is 0 Å². The largest absolute Gasteiger partial charge is 0.480 e. The van der Waals surface area contributed by atoms with Crippen molar-refractivity contribution in [1.82, 2.24) is 20.4 Å². The average Bonchev–Trinajstić information content (AvgIpc) is 3.92. The Kier molecular flexibility index (Phi) is 19.1. The van der Waals surface area contributed by atoms with Crippen molar-refractivity contribution in [1.29, 1.82) is 0 Å². The van der Waals surface area contributed by atoms with Crippen LogP contribution in [0.2, 0.25) is 0 Å². The zero-order chi connectivity index (χ0) is 43.8. The monoisotopic (exact) mass is 850 g/mol. The summed E-state index contributed by atoms with van der Waals surface area (Å²) in [6.45, 7) is 7.12. The van der Waals surface area contributed by atoms with Crippen molar-refractivity contribution >= 4 is 52.5 Å². The van der Waals surface area contributed by atoms with Gasteiger partial charge in [-0.25, -0.2) is 4.79 Å². The van der Waals surface area contributed by atoms with Crippen molar-refractivity contribution in [3.63, 3.8) is 0 Å². The predicted octanol–water partition coefficient (Wildman–Crippen LogP) is 4.65. The first-order valence-electron chi connectivity index (χ1n) is 21.3. The van der Waals surface area contributed by atoms with E-state index in [4.69, 9.17) is 4.74 Å². The van der Waals surface area contributed by atoms with E-state index < -0.39 is 48.0 Å². The number of carbonyl (C=O) groups is 7. The maximum absolute atomic E-state index is 13.4. The van der Waals surface area contributed by atoms with Crippen molar-refractivity contribution in [2.45, 2.75) is 129 Å². The molecule has 0 aromatic heterocycles. The van der Waals surface area contributed by atoms with E-state index in [1.807, 2.05) is 54.6 Å². The van der Waals surface area contributed by atoms with Gasteiger partial charge < -0.3 is 30.1 Å². The van der Waals surface area contributed by atoms with Crippen LogP contribution in [0.5, 0.6) is 0 Å². The van der Waals surface area contributed by atoms with Crippen molar-refractivity contribution in [2.24, 2.45) is 11.8 Å². The molecule has 3 aliphatic rings. The number of carboxylic acids is 2. The fraction of sp³-hybridized carbons (Fsp3) is 0.578. The molecular weight excluding hydrogens is 789 g/mol. The number of carbonyl (C=O) groups excluding carboxylic acids is 5. The number of rotatable bonds is 18. The number of likely N-dealkylation sites (tertiary alicyclic amines) is 1. The number of benzene rings is 2. The van der Waals surface area contributed by atoms with Gasteiger partial charge in [-0.1, -0.05) is 92.5 Å². The second-order valence-corrected chi connectivity index (χ2v) is 17.1. The zero-order valence-electron chi connectivity index (χ0n) is 35.3. The SMILES string of the molecule is CCOC(=O)[C@H](CCc1ccccc1)N[C@@H](C)C(=O)N(CC(=O)O)C1Cc2ccccc2C1.C[C@H](CSC(=O)[C@@H](C)NC(=O)C1CCCCC1)C(=O)N1CCC[C@H]1C(=O)O. The molecule has 15 heteroatoms. The van der Waals surface area contributed by atoms with Gasteiger partial charge in [-0.3, -0.25) is 34.1 Å². The van der Waals surface area contributed by atoms with Crippen LogP contribution in [0.4, 0.5) is 0 Å². The van der Waals surface area contributed by atoms with Gasteiger partial charge in [0.15, 0.2) is 0 Å². The summed E-state index contributed by atoms with van der Waals surface area (Å²) >= 11 is 1.03. The van der Waals surface area contributed by atoms with Crippen LogP contribution in [0.25, 0.3) is 0 Å². The molecule has 2 aromatic rings. The van der Waals surface area contributed by atoms with E-state index in [-0.39, 0.29) is 53.7 Å². The summed E-state index contributed by atoms with van der Waals surface area (Å²) in [7, 11) is 0. The summed E-state index contributed by atoms with van der Waals surface area (Å²) in [5.74, 6) is -3.21. The highest BCUT2D eigenvalue weighted by molar-refractivity contribution is 8.13. The van der Waals surface area contributed by atoms with Crippen molar-refractivity contribution in [3.05, 3.63) is 71.3 Å². The summed E-state index contributed by atoms with van der Waals surface area (Å²) in [4.78, 5) is 88.6. The number of esters is 1. The van der Waals surface area contributed by atoms with E-state index in [1.165, 1.54) is 16.2 Å². The number of hydrogen-bond donors (Lipinski definition) is 4. The van der Waals surface area contributed by atoms with Crippen LogP contribution in [0.1, 0.15) is 95.8 Å². The molecule has 2 aromatic carbocycles. The number of aryl methyl sites for hydroxylation is 1. The van der Waals surface area contributed by atoms with Gasteiger partial charge in [-0.15, -0.1) is 0 Å². The molecule has 5 rings (SSSR count). The number of carboxylic acid groups (broad SMARTS) is 2. The molecule has 1 saturated carbocycles. The molecule has 0 spiro atoms. The van der Waals surface area contributed by atoms with Crippen LogP contribution in [-0.2, 0) is 57.6 Å². The Morgan fingerprint density at radius 2 is 1.48 bits per heavy atom. The lowest BCUT2D eigenvalue weighted by Gasteiger charge is -2.31. The highest BCUT2D eigenvalue weighted by Crippen LogP contribution is 2.27. The molecule has 3 amide bonds. The maximum Gasteiger partial charge on any atom is 0.326 e. The van der Waals surface area contributed by atoms with Gasteiger partial charge in [-0.2, -0.15) is 0 Å². The van der Waals surface area contributed by atoms with Gasteiger partial charge in [0.1, 0.15) is 18.6 Å². The van der Waals surface area contributed by atoms with Crippen molar-refractivity contribution in [2.75, 3.05) is 25.4 Å². The predicted molar refractivity (Wildman–Crippen MR) is 228 cm³/mol. The Morgan fingerprint density at radius 3 is 2.08 bits per heavy atom. The van der Waals surface area contributed by atoms with E-state index in [2.05, 4.69) is 10.6 Å². The highest BCUT2D eigenvalue weighted by Gasteiger charge is 2.37. The molecule has 0 radical (unpaired) electrons. The molecule has 4 N–H and O–H groups in total. The number of aliphatic carboxylic acids is 2. The molecule has 1 aliphatic heterocycles. The van der Waals surface area contributed by atoms with Gasteiger partial charge in [0, 0.05) is 30.2 Å². The number of hydrogen-bond acceptors (Lipinski definition) is 10. The second kappa shape index (κ2) is 23.9. The Bertz CT molecular complexity index is 1760. The first kappa shape index (κ1) is 47.9. The fourth-order valence-corrected chi connectivity index (χ4v) is 8.97. The molecule has 328 valence electrons. The third-order valence-electron chi connectivity index (χ3n) is 11.4. The average molecular weight is 851 g/mol. The van der Waals surface area contributed by atoms with E-state index in [0.29, 0.717) is 45.1 Å². The van der Waals surface area contributed by atoms with E-state index in [9.17, 15) is 43.8 Å². The quantitative estimate of drug-likeness (QED) is 0.152.